The first-order chi connectivity index (χ1) is 8.75. The number of anilines is 2. The third-order valence-corrected chi connectivity index (χ3v) is 3.15. The Kier molecular flexibility index (Phi) is 3.67. The van der Waals surface area contributed by atoms with Crippen molar-refractivity contribution in [2.75, 3.05) is 23.7 Å². The van der Waals surface area contributed by atoms with Gasteiger partial charge in [0, 0.05) is 24.6 Å². The summed E-state index contributed by atoms with van der Waals surface area (Å²) in [6.45, 7) is 12.1. The van der Waals surface area contributed by atoms with Crippen LogP contribution in [-0.2, 0) is 10.2 Å². The van der Waals surface area contributed by atoms with Crippen LogP contribution in [0.2, 0.25) is 0 Å². The molecule has 19 heavy (non-hydrogen) atoms. The lowest BCUT2D eigenvalue weighted by atomic mass is 9.96. The van der Waals surface area contributed by atoms with Gasteiger partial charge in [-0.3, -0.25) is 0 Å². The number of nitrogens with two attached hydrogens (primary N) is 1. The second kappa shape index (κ2) is 4.96. The molecular formula is C14H24N4O. The summed E-state index contributed by atoms with van der Waals surface area (Å²) in [5.41, 5.74) is 5.82. The van der Waals surface area contributed by atoms with Crippen molar-refractivity contribution in [3.63, 3.8) is 0 Å². The van der Waals surface area contributed by atoms with Crippen molar-refractivity contribution in [2.24, 2.45) is 0 Å². The highest BCUT2D eigenvalue weighted by molar-refractivity contribution is 5.48. The predicted molar refractivity (Wildman–Crippen MR) is 77.4 cm³/mol. The molecule has 1 aromatic rings. The van der Waals surface area contributed by atoms with Gasteiger partial charge in [-0.2, -0.15) is 0 Å². The Balaban J connectivity index is 2.31. The highest BCUT2D eigenvalue weighted by atomic mass is 16.5. The zero-order chi connectivity index (χ0) is 14.2. The van der Waals surface area contributed by atoms with E-state index in [1.807, 2.05) is 6.07 Å². The van der Waals surface area contributed by atoms with E-state index in [1.54, 1.807) is 0 Å². The van der Waals surface area contributed by atoms with Gasteiger partial charge in [0.25, 0.3) is 0 Å². The standard InChI is InChI=1S/C14H24N4O/c1-9-7-18(8-10(2)19-9)12-6-11(15)16-13(17-12)14(3,4)5/h6,9-10H,7-8H2,1-5H3,(H2,15,16,17). The second-order valence-corrected chi connectivity index (χ2v) is 6.39. The van der Waals surface area contributed by atoms with E-state index >= 15 is 0 Å². The normalized spacial score (nSPS) is 24.6. The van der Waals surface area contributed by atoms with Crippen molar-refractivity contribution in [2.45, 2.75) is 52.2 Å². The molecule has 0 aliphatic carbocycles. The van der Waals surface area contributed by atoms with Gasteiger partial charge in [0.05, 0.1) is 12.2 Å². The van der Waals surface area contributed by atoms with Crippen molar-refractivity contribution in [1.82, 2.24) is 9.97 Å². The number of nitrogens with zero attached hydrogens (tertiary/aromatic N) is 3. The fraction of sp³-hybridized carbons (Fsp3) is 0.714. The Morgan fingerprint density at radius 3 is 2.32 bits per heavy atom. The summed E-state index contributed by atoms with van der Waals surface area (Å²) < 4.78 is 5.75. The molecule has 2 heterocycles. The van der Waals surface area contributed by atoms with Crippen LogP contribution in [0.4, 0.5) is 11.6 Å². The smallest absolute Gasteiger partial charge is 0.138 e. The summed E-state index contributed by atoms with van der Waals surface area (Å²) in [5.74, 6) is 2.22. The van der Waals surface area contributed by atoms with Crippen molar-refractivity contribution >= 4 is 11.6 Å². The van der Waals surface area contributed by atoms with Crippen LogP contribution in [0.25, 0.3) is 0 Å². The molecule has 2 rings (SSSR count). The molecular weight excluding hydrogens is 240 g/mol. The maximum Gasteiger partial charge on any atom is 0.138 e. The number of nitrogen functional groups attached to an aromatic ring is 1. The highest BCUT2D eigenvalue weighted by Gasteiger charge is 2.25. The van der Waals surface area contributed by atoms with Crippen LogP contribution in [0.1, 0.15) is 40.4 Å². The van der Waals surface area contributed by atoms with Gasteiger partial charge >= 0.3 is 0 Å². The zero-order valence-electron chi connectivity index (χ0n) is 12.5. The monoisotopic (exact) mass is 264 g/mol. The molecule has 106 valence electrons. The van der Waals surface area contributed by atoms with E-state index in [0.29, 0.717) is 5.82 Å². The van der Waals surface area contributed by atoms with Gasteiger partial charge in [0.2, 0.25) is 0 Å². The Hall–Kier alpha value is -1.36. The summed E-state index contributed by atoms with van der Waals surface area (Å²) >= 11 is 0. The number of hydrogen-bond donors (Lipinski definition) is 1. The first kappa shape index (κ1) is 14.1. The van der Waals surface area contributed by atoms with Crippen molar-refractivity contribution in [3.8, 4) is 0 Å². The lowest BCUT2D eigenvalue weighted by molar-refractivity contribution is -0.00548. The minimum atomic E-state index is -0.104. The molecule has 2 N–H and O–H groups in total. The fourth-order valence-corrected chi connectivity index (χ4v) is 2.31. The van der Waals surface area contributed by atoms with E-state index in [1.165, 1.54) is 0 Å². The van der Waals surface area contributed by atoms with Crippen molar-refractivity contribution in [3.05, 3.63) is 11.9 Å². The average Bonchev–Trinajstić information content (AvgIpc) is 2.25. The van der Waals surface area contributed by atoms with Crippen LogP contribution in [0, 0.1) is 0 Å². The summed E-state index contributed by atoms with van der Waals surface area (Å²) in [7, 11) is 0. The maximum atomic E-state index is 5.92. The van der Waals surface area contributed by atoms with Gasteiger partial charge in [-0.25, -0.2) is 9.97 Å². The SMILES string of the molecule is CC1CN(c2cc(N)nc(C(C)(C)C)n2)CC(C)O1. The van der Waals surface area contributed by atoms with Gasteiger partial charge in [0.1, 0.15) is 17.5 Å². The van der Waals surface area contributed by atoms with Gasteiger partial charge in [-0.15, -0.1) is 0 Å². The number of ether oxygens (including phenoxy) is 1. The largest absolute Gasteiger partial charge is 0.384 e. The topological polar surface area (TPSA) is 64.3 Å². The Labute approximate surface area is 115 Å². The van der Waals surface area contributed by atoms with Gasteiger partial charge < -0.3 is 15.4 Å². The molecule has 0 bridgehead atoms. The molecule has 0 saturated carbocycles. The Morgan fingerprint density at radius 1 is 1.21 bits per heavy atom. The number of morpholine rings is 1. The molecule has 5 nitrogen and oxygen atoms in total. The third kappa shape index (κ3) is 3.35. The third-order valence-electron chi connectivity index (χ3n) is 3.15. The number of aromatic nitrogens is 2. The summed E-state index contributed by atoms with van der Waals surface area (Å²) in [6.07, 6.45) is 0.413. The van der Waals surface area contributed by atoms with Gasteiger partial charge in [0.15, 0.2) is 0 Å². The lowest BCUT2D eigenvalue weighted by Crippen LogP contribution is -2.46. The maximum absolute atomic E-state index is 5.92. The quantitative estimate of drug-likeness (QED) is 0.840. The van der Waals surface area contributed by atoms with E-state index in [-0.39, 0.29) is 17.6 Å². The van der Waals surface area contributed by atoms with E-state index in [9.17, 15) is 0 Å². The summed E-state index contributed by atoms with van der Waals surface area (Å²) in [6, 6.07) is 1.85. The minimum absolute atomic E-state index is 0.104. The van der Waals surface area contributed by atoms with Crippen molar-refractivity contribution < 1.29 is 4.74 Å². The van der Waals surface area contributed by atoms with E-state index in [0.717, 1.165) is 24.7 Å². The van der Waals surface area contributed by atoms with Crippen LogP contribution in [-0.4, -0.2) is 35.3 Å². The van der Waals surface area contributed by atoms with Crippen LogP contribution >= 0.6 is 0 Å². The molecule has 0 spiro atoms. The predicted octanol–water partition coefficient (Wildman–Crippen LogP) is 1.97. The first-order valence-electron chi connectivity index (χ1n) is 6.81. The molecule has 1 fully saturated rings. The van der Waals surface area contributed by atoms with E-state index in [4.69, 9.17) is 10.5 Å². The van der Waals surface area contributed by atoms with Crippen molar-refractivity contribution in [1.29, 1.82) is 0 Å². The van der Waals surface area contributed by atoms with E-state index in [2.05, 4.69) is 49.5 Å². The molecule has 1 saturated heterocycles. The molecule has 1 aromatic heterocycles. The van der Waals surface area contributed by atoms with E-state index < -0.39 is 0 Å². The van der Waals surface area contributed by atoms with Gasteiger partial charge in [-0.05, 0) is 13.8 Å². The summed E-state index contributed by atoms with van der Waals surface area (Å²) in [4.78, 5) is 11.3. The molecule has 0 amide bonds. The fourth-order valence-electron chi connectivity index (χ4n) is 2.31. The zero-order valence-corrected chi connectivity index (χ0v) is 12.5. The Bertz CT molecular complexity index is 445. The molecule has 2 unspecified atom stereocenters. The molecule has 0 aromatic carbocycles. The molecule has 1 aliphatic heterocycles. The average molecular weight is 264 g/mol. The van der Waals surface area contributed by atoms with Gasteiger partial charge in [-0.1, -0.05) is 20.8 Å². The number of hydrogen-bond acceptors (Lipinski definition) is 5. The minimum Gasteiger partial charge on any atom is -0.384 e. The Morgan fingerprint density at radius 2 is 1.79 bits per heavy atom. The number of rotatable bonds is 1. The van der Waals surface area contributed by atoms with Crippen LogP contribution < -0.4 is 10.6 Å². The van der Waals surface area contributed by atoms with Crippen LogP contribution in [0.5, 0.6) is 0 Å². The van der Waals surface area contributed by atoms with Crippen LogP contribution in [0.3, 0.4) is 0 Å². The molecule has 1 aliphatic rings. The molecule has 0 radical (unpaired) electrons. The molecule has 5 heteroatoms. The second-order valence-electron chi connectivity index (χ2n) is 6.39. The molecule has 2 atom stereocenters. The van der Waals surface area contributed by atoms with Crippen LogP contribution in [0.15, 0.2) is 6.07 Å². The summed E-state index contributed by atoms with van der Waals surface area (Å²) in [5, 5.41) is 0. The lowest BCUT2D eigenvalue weighted by Gasteiger charge is -2.36. The first-order valence-corrected chi connectivity index (χ1v) is 6.81. The highest BCUT2D eigenvalue weighted by Crippen LogP contribution is 2.25.